The molecule has 0 saturated carbocycles. The van der Waals surface area contributed by atoms with Crippen molar-refractivity contribution in [1.29, 1.82) is 0 Å². The van der Waals surface area contributed by atoms with Gasteiger partial charge in [-0.2, -0.15) is 4.68 Å². The van der Waals surface area contributed by atoms with E-state index in [9.17, 15) is 4.79 Å². The van der Waals surface area contributed by atoms with E-state index in [4.69, 9.17) is 17.3 Å². The number of benzene rings is 1. The number of quaternary nitrogens is 1. The smallest absolute Gasteiger partial charge is 0.263 e. The van der Waals surface area contributed by atoms with Crippen molar-refractivity contribution in [3.8, 4) is 0 Å². The highest BCUT2D eigenvalue weighted by atomic mass is 32.1. The van der Waals surface area contributed by atoms with Crippen LogP contribution in [-0.4, -0.2) is 31.8 Å². The molecule has 2 aromatic heterocycles. The highest BCUT2D eigenvalue weighted by Crippen LogP contribution is 2.14. The van der Waals surface area contributed by atoms with Crippen molar-refractivity contribution in [2.75, 3.05) is 13.1 Å². The van der Waals surface area contributed by atoms with E-state index in [1.54, 1.807) is 10.6 Å². The van der Waals surface area contributed by atoms with E-state index < -0.39 is 0 Å². The lowest BCUT2D eigenvalue weighted by Crippen LogP contribution is -3.11. The number of hydrogen-bond acceptors (Lipinski definition) is 3. The van der Waals surface area contributed by atoms with Gasteiger partial charge in [-0.05, 0) is 50.0 Å². The van der Waals surface area contributed by atoms with Gasteiger partial charge in [0.15, 0.2) is 6.67 Å². The first-order valence-electron chi connectivity index (χ1n) is 9.76. The maximum atomic E-state index is 12.9. The zero-order valence-electron chi connectivity index (χ0n) is 15.6. The predicted octanol–water partition coefficient (Wildman–Crippen LogP) is 2.17. The van der Waals surface area contributed by atoms with Gasteiger partial charge in [-0.15, -0.1) is 11.7 Å². The molecule has 142 valence electrons. The van der Waals surface area contributed by atoms with Crippen molar-refractivity contribution in [3.63, 3.8) is 0 Å². The Kier molecular flexibility index (Phi) is 5.22. The first-order chi connectivity index (χ1) is 13.2. The Hall–Kier alpha value is -2.25. The van der Waals surface area contributed by atoms with Gasteiger partial charge in [0.1, 0.15) is 0 Å². The first-order valence-corrected chi connectivity index (χ1v) is 10.2. The minimum Gasteiger partial charge on any atom is -0.316 e. The van der Waals surface area contributed by atoms with Crippen molar-refractivity contribution in [2.24, 2.45) is 0 Å². The summed E-state index contributed by atoms with van der Waals surface area (Å²) in [4.78, 5) is 14.5. The number of nitrogens with one attached hydrogen (secondary N) is 1. The third-order valence-corrected chi connectivity index (χ3v) is 5.82. The van der Waals surface area contributed by atoms with Gasteiger partial charge < -0.3 is 4.90 Å². The van der Waals surface area contributed by atoms with Crippen LogP contribution in [0.4, 0.5) is 0 Å². The Morgan fingerprint density at radius 1 is 1.15 bits per heavy atom. The number of likely N-dealkylation sites (tertiary alicyclic amines) is 1. The van der Waals surface area contributed by atoms with Crippen LogP contribution in [0.3, 0.4) is 0 Å². The molecule has 1 aliphatic rings. The van der Waals surface area contributed by atoms with Gasteiger partial charge in [-0.1, -0.05) is 24.6 Å². The molecular formula is C20H26N5OS+. The van der Waals surface area contributed by atoms with E-state index in [0.717, 1.165) is 25.3 Å². The summed E-state index contributed by atoms with van der Waals surface area (Å²) >= 11 is 5.78. The first kappa shape index (κ1) is 18.1. The van der Waals surface area contributed by atoms with Crippen LogP contribution in [-0.2, 0) is 13.2 Å². The second-order valence-corrected chi connectivity index (χ2v) is 7.68. The van der Waals surface area contributed by atoms with Crippen molar-refractivity contribution in [1.82, 2.24) is 18.7 Å². The van der Waals surface area contributed by atoms with Gasteiger partial charge >= 0.3 is 0 Å². The van der Waals surface area contributed by atoms with E-state index in [1.165, 1.54) is 37.0 Å². The summed E-state index contributed by atoms with van der Waals surface area (Å²) in [6.45, 7) is 7.25. The zero-order chi connectivity index (χ0) is 18.8. The lowest BCUT2D eigenvalue weighted by Gasteiger charge is -2.21. The molecule has 1 fully saturated rings. The minimum absolute atomic E-state index is 0.0521. The van der Waals surface area contributed by atoms with Gasteiger partial charge in [0.25, 0.3) is 5.56 Å². The number of aromatic nitrogens is 4. The number of hydrogen-bond donors (Lipinski definition) is 1. The van der Waals surface area contributed by atoms with Crippen LogP contribution in [0.15, 0.2) is 41.7 Å². The van der Waals surface area contributed by atoms with Crippen LogP contribution in [0.25, 0.3) is 16.7 Å². The highest BCUT2D eigenvalue weighted by Gasteiger charge is 2.18. The number of rotatable bonds is 4. The van der Waals surface area contributed by atoms with Gasteiger partial charge in [0, 0.05) is 6.54 Å². The molecule has 6 nitrogen and oxygen atoms in total. The molecule has 3 aromatic rings. The van der Waals surface area contributed by atoms with E-state index in [1.807, 2.05) is 33.3 Å². The number of allylic oxidation sites excluding steroid dienone is 1. The van der Waals surface area contributed by atoms with Crippen molar-refractivity contribution in [2.45, 2.75) is 45.3 Å². The molecule has 7 heteroatoms. The summed E-state index contributed by atoms with van der Waals surface area (Å²) in [6.07, 6.45) is 8.19. The molecule has 0 unspecified atom stereocenters. The normalized spacial score (nSPS) is 16.4. The zero-order valence-corrected chi connectivity index (χ0v) is 16.4. The average Bonchev–Trinajstić information content (AvgIpc) is 2.97. The van der Waals surface area contributed by atoms with Crippen LogP contribution in [0.5, 0.6) is 0 Å². The average molecular weight is 385 g/mol. The predicted molar refractivity (Wildman–Crippen MR) is 110 cm³/mol. The van der Waals surface area contributed by atoms with Crippen molar-refractivity contribution < 1.29 is 4.90 Å². The summed E-state index contributed by atoms with van der Waals surface area (Å²) < 4.78 is 6.13. The summed E-state index contributed by atoms with van der Waals surface area (Å²) in [7, 11) is 0. The maximum Gasteiger partial charge on any atom is 0.263 e. The summed E-state index contributed by atoms with van der Waals surface area (Å²) in [5.41, 5.74) is 0.764. The molecule has 1 N–H and O–H groups in total. The van der Waals surface area contributed by atoms with Gasteiger partial charge in [-0.3, -0.25) is 13.8 Å². The van der Waals surface area contributed by atoms with Gasteiger partial charge in [0.2, 0.25) is 10.5 Å². The van der Waals surface area contributed by atoms with E-state index in [-0.39, 0.29) is 5.56 Å². The van der Waals surface area contributed by atoms with Crippen molar-refractivity contribution >= 4 is 28.9 Å². The highest BCUT2D eigenvalue weighted by molar-refractivity contribution is 7.71. The second kappa shape index (κ2) is 7.78. The van der Waals surface area contributed by atoms with Crippen LogP contribution in [0.2, 0.25) is 0 Å². The second-order valence-electron chi connectivity index (χ2n) is 7.31. The van der Waals surface area contributed by atoms with E-state index >= 15 is 0 Å². The Labute approximate surface area is 163 Å². The molecule has 27 heavy (non-hydrogen) atoms. The third kappa shape index (κ3) is 3.37. The quantitative estimate of drug-likeness (QED) is 0.554. The molecule has 0 atom stereocenters. The fourth-order valence-corrected chi connectivity index (χ4v) is 4.32. The van der Waals surface area contributed by atoms with Gasteiger partial charge in [0.05, 0.1) is 24.0 Å². The fraction of sp³-hybridized carbons (Fsp3) is 0.450. The molecule has 0 bridgehead atoms. The molecule has 0 spiro atoms. The number of nitrogens with zero attached hydrogens (tertiary/aromatic N) is 4. The SMILES string of the molecule is C=CCn1c(=O)c2ccccc2n2c(=S)n(C[NH+]3CCCCCCC3)nc12. The van der Waals surface area contributed by atoms with Crippen LogP contribution in [0, 0.1) is 4.77 Å². The molecular weight excluding hydrogens is 358 g/mol. The maximum absolute atomic E-state index is 12.9. The monoisotopic (exact) mass is 384 g/mol. The Bertz CT molecular complexity index is 1090. The summed E-state index contributed by atoms with van der Waals surface area (Å²) in [5.74, 6) is 0.593. The molecule has 0 amide bonds. The molecule has 0 radical (unpaired) electrons. The Balaban J connectivity index is 1.86. The largest absolute Gasteiger partial charge is 0.316 e. The molecule has 4 rings (SSSR count). The third-order valence-electron chi connectivity index (χ3n) is 5.43. The lowest BCUT2D eigenvalue weighted by atomic mass is 10.1. The molecule has 1 saturated heterocycles. The summed E-state index contributed by atoms with van der Waals surface area (Å²) in [5, 5.41) is 5.41. The Morgan fingerprint density at radius 2 is 1.85 bits per heavy atom. The minimum atomic E-state index is -0.0521. The molecule has 3 heterocycles. The number of fused-ring (bicyclic) bond motifs is 3. The lowest BCUT2D eigenvalue weighted by molar-refractivity contribution is -0.924. The molecule has 0 aliphatic carbocycles. The molecule has 1 aromatic carbocycles. The summed E-state index contributed by atoms with van der Waals surface area (Å²) in [6, 6.07) is 7.60. The fourth-order valence-electron chi connectivity index (χ4n) is 4.04. The van der Waals surface area contributed by atoms with Crippen LogP contribution < -0.4 is 10.5 Å². The van der Waals surface area contributed by atoms with Crippen LogP contribution >= 0.6 is 12.2 Å². The number of para-hydroxylation sites is 1. The molecule has 1 aliphatic heterocycles. The van der Waals surface area contributed by atoms with Gasteiger partial charge in [-0.25, -0.2) is 0 Å². The van der Waals surface area contributed by atoms with Crippen LogP contribution in [0.1, 0.15) is 32.1 Å². The standard InChI is InChI=1S/C20H25N5OS/c1-2-12-23-18(26)16-10-6-7-11-17(16)25-19(23)21-24(20(25)27)15-22-13-8-4-3-5-9-14-22/h2,6-7,10-11H,1,3-5,8-9,12-15H2/p+1. The van der Waals surface area contributed by atoms with E-state index in [2.05, 4.69) is 6.58 Å². The van der Waals surface area contributed by atoms with E-state index in [0.29, 0.717) is 22.5 Å². The van der Waals surface area contributed by atoms with Crippen molar-refractivity contribution in [3.05, 3.63) is 52.0 Å². The topological polar surface area (TPSA) is 48.7 Å². The Morgan fingerprint density at radius 3 is 2.59 bits per heavy atom.